The van der Waals surface area contributed by atoms with Crippen molar-refractivity contribution < 1.29 is 41.8 Å². The Morgan fingerprint density at radius 3 is 2.46 bits per heavy atom. The highest BCUT2D eigenvalue weighted by atomic mass is 19.4. The van der Waals surface area contributed by atoms with Crippen molar-refractivity contribution in [2.24, 2.45) is 5.73 Å². The molecule has 1 aliphatic heterocycles. The van der Waals surface area contributed by atoms with Crippen LogP contribution in [0.1, 0.15) is 49.9 Å². The van der Waals surface area contributed by atoms with Crippen LogP contribution in [0.2, 0.25) is 0 Å². The fourth-order valence-electron chi connectivity index (χ4n) is 3.40. The predicted molar refractivity (Wildman–Crippen MR) is 118 cm³/mol. The maximum Gasteiger partial charge on any atom is 0.491 e. The van der Waals surface area contributed by atoms with E-state index in [0.717, 1.165) is 4.90 Å². The van der Waals surface area contributed by atoms with Crippen molar-refractivity contribution in [3.8, 4) is 5.75 Å². The van der Waals surface area contributed by atoms with E-state index in [1.807, 2.05) is 0 Å². The summed E-state index contributed by atoms with van der Waals surface area (Å²) in [4.78, 5) is 51.0. The summed E-state index contributed by atoms with van der Waals surface area (Å²) in [6.07, 6.45) is -4.35. The van der Waals surface area contributed by atoms with Gasteiger partial charge in [-0.25, -0.2) is 4.79 Å². The molecule has 192 valence electrons. The molecule has 1 aliphatic rings. The Morgan fingerprint density at radius 2 is 1.86 bits per heavy atom. The molecule has 0 bridgehead atoms. The number of benzene rings is 1. The third kappa shape index (κ3) is 7.69. The van der Waals surface area contributed by atoms with Gasteiger partial charge in [0.15, 0.2) is 0 Å². The Kier molecular flexibility index (Phi) is 9.20. The summed E-state index contributed by atoms with van der Waals surface area (Å²) in [6.45, 7) is 2.95. The molecular weight excluding hydrogens is 473 g/mol. The van der Waals surface area contributed by atoms with E-state index in [9.17, 15) is 32.3 Å². The minimum Gasteiger partial charge on any atom is -0.494 e. The maximum absolute atomic E-state index is 13.2. The zero-order valence-corrected chi connectivity index (χ0v) is 19.3. The number of rotatable bonds is 10. The Labute approximate surface area is 199 Å². The van der Waals surface area contributed by atoms with Crippen LogP contribution in [0.4, 0.5) is 18.9 Å². The number of unbranched alkanes of at least 4 members (excludes halogenated alkanes) is 1. The number of alkyl halides is 3. The van der Waals surface area contributed by atoms with Gasteiger partial charge in [0.05, 0.1) is 30.1 Å². The fourth-order valence-corrected chi connectivity index (χ4v) is 3.40. The third-order valence-electron chi connectivity index (χ3n) is 4.99. The Morgan fingerprint density at radius 1 is 1.17 bits per heavy atom. The van der Waals surface area contributed by atoms with Gasteiger partial charge >= 0.3 is 18.1 Å². The second-order valence-corrected chi connectivity index (χ2v) is 8.10. The number of carbonyl (C=O) groups is 4. The van der Waals surface area contributed by atoms with Crippen LogP contribution in [0.5, 0.6) is 5.75 Å². The number of amides is 2. The first-order chi connectivity index (χ1) is 16.3. The molecule has 0 saturated heterocycles. The number of halogens is 3. The molecule has 3 N–H and O–H groups in total. The number of esters is 2. The van der Waals surface area contributed by atoms with E-state index in [0.29, 0.717) is 37.3 Å². The van der Waals surface area contributed by atoms with Crippen molar-refractivity contribution in [3.05, 3.63) is 23.8 Å². The van der Waals surface area contributed by atoms with Gasteiger partial charge in [0.1, 0.15) is 12.3 Å². The molecule has 0 unspecified atom stereocenters. The molecule has 2 amide bonds. The van der Waals surface area contributed by atoms with Crippen LogP contribution < -0.4 is 15.4 Å². The Balaban J connectivity index is 2.18. The summed E-state index contributed by atoms with van der Waals surface area (Å²) in [6, 6.07) is 4.31. The van der Waals surface area contributed by atoms with E-state index in [2.05, 4.69) is 4.74 Å². The van der Waals surface area contributed by atoms with Crippen molar-refractivity contribution in [1.82, 2.24) is 4.90 Å². The zero-order valence-electron chi connectivity index (χ0n) is 19.3. The minimum absolute atomic E-state index is 0.0748. The fraction of sp³-hybridized carbons (Fsp3) is 0.500. The lowest BCUT2D eigenvalue weighted by Gasteiger charge is -2.26. The lowest BCUT2D eigenvalue weighted by molar-refractivity contribution is -0.201. The molecule has 1 aromatic rings. The van der Waals surface area contributed by atoms with Crippen molar-refractivity contribution in [2.75, 3.05) is 24.6 Å². The van der Waals surface area contributed by atoms with Gasteiger partial charge in [-0.15, -0.1) is 0 Å². The smallest absolute Gasteiger partial charge is 0.491 e. The first-order valence-corrected chi connectivity index (χ1v) is 10.8. The quantitative estimate of drug-likeness (QED) is 0.165. The number of nitrogens with two attached hydrogens (primary N) is 1. The highest BCUT2D eigenvalue weighted by molar-refractivity contribution is 6.10. The van der Waals surface area contributed by atoms with Crippen LogP contribution in [0.25, 0.3) is 0 Å². The van der Waals surface area contributed by atoms with Gasteiger partial charge in [0, 0.05) is 19.0 Å². The van der Waals surface area contributed by atoms with E-state index >= 15 is 0 Å². The van der Waals surface area contributed by atoms with E-state index < -0.39 is 49.4 Å². The number of hydrogen-bond donors (Lipinski definition) is 2. The van der Waals surface area contributed by atoms with Crippen LogP contribution in [0, 0.1) is 5.41 Å². The molecule has 0 radical (unpaired) electrons. The predicted octanol–water partition coefficient (Wildman–Crippen LogP) is 2.39. The van der Waals surface area contributed by atoms with E-state index in [1.54, 1.807) is 26.0 Å². The number of hydrogen-bond acceptors (Lipinski definition) is 7. The molecule has 0 saturated carbocycles. The topological polar surface area (TPSA) is 143 Å². The van der Waals surface area contributed by atoms with Crippen LogP contribution in [0.15, 0.2) is 18.2 Å². The van der Waals surface area contributed by atoms with Crippen LogP contribution in [-0.2, 0) is 19.1 Å². The van der Waals surface area contributed by atoms with E-state index in [-0.39, 0.29) is 17.4 Å². The number of anilines is 1. The van der Waals surface area contributed by atoms with E-state index in [4.69, 9.17) is 15.9 Å². The number of carbonyl (C=O) groups excluding carboxylic acids is 4. The maximum atomic E-state index is 13.2. The van der Waals surface area contributed by atoms with Gasteiger partial charge in [-0.2, -0.15) is 13.2 Å². The lowest BCUT2D eigenvalue weighted by Crippen LogP contribution is -2.43. The SMILES string of the molecule is CC(C)N1C(=O)CN(CCC(=O)OC(=O)C(F)(F)F)C(=O)c2cc(OCCCCC(=N)N)ccc21. The molecule has 0 atom stereocenters. The molecular formula is C22H27F3N4O6. The van der Waals surface area contributed by atoms with Crippen molar-refractivity contribution in [3.63, 3.8) is 0 Å². The van der Waals surface area contributed by atoms with Crippen molar-refractivity contribution in [1.29, 1.82) is 5.41 Å². The zero-order chi connectivity index (χ0) is 26.3. The normalized spacial score (nSPS) is 14.0. The van der Waals surface area contributed by atoms with Gasteiger partial charge in [0.2, 0.25) is 5.91 Å². The van der Waals surface area contributed by atoms with Crippen molar-refractivity contribution in [2.45, 2.75) is 51.7 Å². The third-order valence-corrected chi connectivity index (χ3v) is 4.99. The molecule has 0 aliphatic carbocycles. The largest absolute Gasteiger partial charge is 0.494 e. The second-order valence-electron chi connectivity index (χ2n) is 8.10. The second kappa shape index (κ2) is 11.7. The van der Waals surface area contributed by atoms with Crippen LogP contribution >= 0.6 is 0 Å². The highest BCUT2D eigenvalue weighted by Crippen LogP contribution is 2.31. The molecule has 2 rings (SSSR count). The number of nitrogens with one attached hydrogen (secondary N) is 1. The summed E-state index contributed by atoms with van der Waals surface area (Å²) in [5, 5.41) is 7.22. The van der Waals surface area contributed by atoms with Crippen LogP contribution in [0.3, 0.4) is 0 Å². The Hall–Kier alpha value is -3.64. The molecule has 0 spiro atoms. The Bertz CT molecular complexity index is 996. The first kappa shape index (κ1) is 27.6. The standard InChI is InChI=1S/C22H27F3N4O6/c1-13(2)29-16-7-6-14(34-10-4-3-5-17(26)27)11-15(16)20(32)28(12-18(29)30)9-8-19(31)35-21(33)22(23,24)25/h6-7,11,13H,3-5,8-10,12H2,1-2H3,(H3,26,27). The lowest BCUT2D eigenvalue weighted by atomic mass is 10.1. The molecule has 0 fully saturated rings. The van der Waals surface area contributed by atoms with Gasteiger partial charge in [0.25, 0.3) is 5.91 Å². The van der Waals surface area contributed by atoms with Gasteiger partial charge in [-0.1, -0.05) is 0 Å². The number of ether oxygens (including phenoxy) is 2. The van der Waals surface area contributed by atoms with Crippen molar-refractivity contribution >= 4 is 35.3 Å². The van der Waals surface area contributed by atoms with Gasteiger partial charge in [-0.05, 0) is 44.9 Å². The van der Waals surface area contributed by atoms with E-state index in [1.165, 1.54) is 11.0 Å². The monoisotopic (exact) mass is 500 g/mol. The summed E-state index contributed by atoms with van der Waals surface area (Å²) in [7, 11) is 0. The summed E-state index contributed by atoms with van der Waals surface area (Å²) in [5.74, 6) is -4.78. The molecule has 35 heavy (non-hydrogen) atoms. The minimum atomic E-state index is -5.33. The average Bonchev–Trinajstić information content (AvgIpc) is 2.85. The highest BCUT2D eigenvalue weighted by Gasteiger charge is 2.42. The number of nitrogens with zero attached hydrogens (tertiary/aromatic N) is 2. The molecule has 1 heterocycles. The number of fused-ring (bicyclic) bond motifs is 1. The molecule has 10 nitrogen and oxygen atoms in total. The average molecular weight is 500 g/mol. The molecule has 0 aromatic heterocycles. The summed E-state index contributed by atoms with van der Waals surface area (Å²) < 4.78 is 46.3. The number of amidine groups is 1. The molecule has 1 aromatic carbocycles. The summed E-state index contributed by atoms with van der Waals surface area (Å²) >= 11 is 0. The van der Waals surface area contributed by atoms with Crippen LogP contribution in [-0.4, -0.2) is 66.4 Å². The summed E-state index contributed by atoms with van der Waals surface area (Å²) in [5.41, 5.74) is 5.76. The van der Waals surface area contributed by atoms with Gasteiger partial charge < -0.3 is 25.0 Å². The first-order valence-electron chi connectivity index (χ1n) is 10.8. The molecule has 13 heteroatoms. The van der Waals surface area contributed by atoms with Gasteiger partial charge in [-0.3, -0.25) is 19.8 Å².